The molecule has 0 spiro atoms. The lowest BCUT2D eigenvalue weighted by molar-refractivity contribution is -0.0872. The quantitative estimate of drug-likeness (QED) is 0.907. The minimum atomic E-state index is -0.226. The van der Waals surface area contributed by atoms with Crippen LogP contribution in [0, 0.1) is 5.92 Å². The summed E-state index contributed by atoms with van der Waals surface area (Å²) in [5.41, 5.74) is 0.944. The molecule has 1 saturated heterocycles. The maximum atomic E-state index is 12.5. The van der Waals surface area contributed by atoms with Crippen LogP contribution in [0.25, 0.3) is 0 Å². The van der Waals surface area contributed by atoms with E-state index in [2.05, 4.69) is 44.1 Å². The molecule has 2 rings (SSSR count). The van der Waals surface area contributed by atoms with Crippen molar-refractivity contribution in [1.82, 2.24) is 15.2 Å². The highest BCUT2D eigenvalue weighted by Crippen LogP contribution is 2.24. The van der Waals surface area contributed by atoms with Gasteiger partial charge in [0, 0.05) is 31.4 Å². The summed E-state index contributed by atoms with van der Waals surface area (Å²) < 4.78 is 5.80. The summed E-state index contributed by atoms with van der Waals surface area (Å²) in [7, 11) is 0. The average Bonchev–Trinajstić information content (AvgIpc) is 2.55. The Labute approximate surface area is 139 Å². The Kier molecular flexibility index (Phi) is 5.99. The van der Waals surface area contributed by atoms with Gasteiger partial charge in [-0.3, -0.25) is 4.98 Å². The summed E-state index contributed by atoms with van der Waals surface area (Å²) >= 11 is 0. The van der Waals surface area contributed by atoms with Crippen LogP contribution in [0.15, 0.2) is 24.5 Å². The third kappa shape index (κ3) is 4.67. The highest BCUT2D eigenvalue weighted by molar-refractivity contribution is 5.74. The van der Waals surface area contributed by atoms with E-state index in [9.17, 15) is 4.79 Å². The summed E-state index contributed by atoms with van der Waals surface area (Å²) in [5.74, 6) is 0.705. The minimum absolute atomic E-state index is 0.00233. The molecule has 5 nitrogen and oxygen atoms in total. The Morgan fingerprint density at radius 1 is 1.52 bits per heavy atom. The van der Waals surface area contributed by atoms with Gasteiger partial charge in [0.05, 0.1) is 18.8 Å². The summed E-state index contributed by atoms with van der Waals surface area (Å²) in [6.07, 6.45) is 4.57. The Bertz CT molecular complexity index is 506. The molecule has 23 heavy (non-hydrogen) atoms. The summed E-state index contributed by atoms with van der Waals surface area (Å²) in [6.45, 7) is 11.0. The second-order valence-corrected chi connectivity index (χ2v) is 6.90. The summed E-state index contributed by atoms with van der Waals surface area (Å²) in [6, 6.07) is 4.02. The lowest BCUT2D eigenvalue weighted by Crippen LogP contribution is -2.54. The largest absolute Gasteiger partial charge is 0.372 e. The number of aromatic nitrogens is 1. The average molecular weight is 319 g/mol. The van der Waals surface area contributed by atoms with Gasteiger partial charge in [0.2, 0.25) is 0 Å². The van der Waals surface area contributed by atoms with E-state index < -0.39 is 0 Å². The van der Waals surface area contributed by atoms with Crippen LogP contribution in [0.1, 0.15) is 45.6 Å². The maximum absolute atomic E-state index is 12.5. The first-order chi connectivity index (χ1) is 10.9. The molecule has 1 fully saturated rings. The van der Waals surface area contributed by atoms with Gasteiger partial charge >= 0.3 is 6.03 Å². The molecule has 2 unspecified atom stereocenters. The summed E-state index contributed by atoms with van der Waals surface area (Å²) in [5, 5.41) is 3.10. The first-order valence-electron chi connectivity index (χ1n) is 8.52. The van der Waals surface area contributed by atoms with Gasteiger partial charge in [-0.15, -0.1) is 0 Å². The van der Waals surface area contributed by atoms with Crippen LogP contribution in [0.3, 0.4) is 0 Å². The molecule has 1 aromatic rings. The summed E-state index contributed by atoms with van der Waals surface area (Å²) in [4.78, 5) is 18.6. The number of nitrogens with zero attached hydrogens (tertiary/aromatic N) is 2. The SMILES string of the molecule is CCC1(C)CN(C(=O)NCC(c2cccnc2)C(C)C)CCO1. The smallest absolute Gasteiger partial charge is 0.317 e. The third-order valence-corrected chi connectivity index (χ3v) is 4.76. The number of carbonyl (C=O) groups excluding carboxylic acids is 1. The molecule has 2 atom stereocenters. The van der Waals surface area contributed by atoms with E-state index >= 15 is 0 Å². The van der Waals surface area contributed by atoms with Crippen LogP contribution in [0.4, 0.5) is 4.79 Å². The predicted molar refractivity (Wildman–Crippen MR) is 91.4 cm³/mol. The molecule has 1 N–H and O–H groups in total. The van der Waals surface area contributed by atoms with Crippen LogP contribution < -0.4 is 5.32 Å². The van der Waals surface area contributed by atoms with Crippen molar-refractivity contribution in [2.75, 3.05) is 26.2 Å². The highest BCUT2D eigenvalue weighted by Gasteiger charge is 2.32. The van der Waals surface area contributed by atoms with Crippen molar-refractivity contribution in [2.24, 2.45) is 5.92 Å². The molecule has 0 radical (unpaired) electrons. The van der Waals surface area contributed by atoms with E-state index in [1.165, 1.54) is 5.56 Å². The van der Waals surface area contributed by atoms with E-state index in [-0.39, 0.29) is 17.6 Å². The molecule has 2 amide bonds. The van der Waals surface area contributed by atoms with Crippen molar-refractivity contribution in [3.8, 4) is 0 Å². The third-order valence-electron chi connectivity index (χ3n) is 4.76. The Balaban J connectivity index is 1.94. The van der Waals surface area contributed by atoms with Crippen molar-refractivity contribution in [3.05, 3.63) is 30.1 Å². The molecule has 2 heterocycles. The zero-order valence-electron chi connectivity index (χ0n) is 14.7. The maximum Gasteiger partial charge on any atom is 0.317 e. The number of urea groups is 1. The van der Waals surface area contributed by atoms with Gasteiger partial charge in [0.25, 0.3) is 0 Å². The number of ether oxygens (including phenoxy) is 1. The fourth-order valence-corrected chi connectivity index (χ4v) is 2.96. The van der Waals surface area contributed by atoms with Gasteiger partial charge in [-0.2, -0.15) is 0 Å². The van der Waals surface area contributed by atoms with E-state index in [1.54, 1.807) is 6.20 Å². The van der Waals surface area contributed by atoms with E-state index in [4.69, 9.17) is 4.74 Å². The van der Waals surface area contributed by atoms with Crippen molar-refractivity contribution < 1.29 is 9.53 Å². The van der Waals surface area contributed by atoms with Gasteiger partial charge in [-0.05, 0) is 30.9 Å². The lowest BCUT2D eigenvalue weighted by Gasteiger charge is -2.40. The number of amides is 2. The topological polar surface area (TPSA) is 54.5 Å². The number of morpholine rings is 1. The van der Waals surface area contributed by atoms with Crippen LogP contribution in [-0.4, -0.2) is 47.8 Å². The van der Waals surface area contributed by atoms with Crippen LogP contribution in [0.5, 0.6) is 0 Å². The molecule has 0 bridgehead atoms. The highest BCUT2D eigenvalue weighted by atomic mass is 16.5. The van der Waals surface area contributed by atoms with Crippen molar-refractivity contribution in [2.45, 2.75) is 45.6 Å². The minimum Gasteiger partial charge on any atom is -0.372 e. The van der Waals surface area contributed by atoms with Gasteiger partial charge in [-0.1, -0.05) is 26.8 Å². The first-order valence-corrected chi connectivity index (χ1v) is 8.52. The normalized spacial score (nSPS) is 22.9. The molecule has 1 aliphatic heterocycles. The monoisotopic (exact) mass is 319 g/mol. The van der Waals surface area contributed by atoms with Crippen LogP contribution >= 0.6 is 0 Å². The number of nitrogens with one attached hydrogen (secondary N) is 1. The molecule has 0 aromatic carbocycles. The van der Waals surface area contributed by atoms with E-state index in [0.29, 0.717) is 32.2 Å². The van der Waals surface area contributed by atoms with Crippen LogP contribution in [0.2, 0.25) is 0 Å². The number of carbonyl (C=O) groups is 1. The molecule has 0 aliphatic carbocycles. The first kappa shape index (κ1) is 17.7. The second-order valence-electron chi connectivity index (χ2n) is 6.90. The molecular formula is C18H29N3O2. The zero-order valence-corrected chi connectivity index (χ0v) is 14.7. The van der Waals surface area contributed by atoms with Gasteiger partial charge in [-0.25, -0.2) is 4.79 Å². The van der Waals surface area contributed by atoms with Crippen LogP contribution in [-0.2, 0) is 4.74 Å². The standard InChI is InChI=1S/C18H29N3O2/c1-5-18(4)13-21(9-10-23-18)17(22)20-12-16(14(2)3)15-7-6-8-19-11-15/h6-8,11,14,16H,5,9-10,12-13H2,1-4H3,(H,20,22). The molecule has 5 heteroatoms. The van der Waals surface area contributed by atoms with Gasteiger partial charge < -0.3 is 15.0 Å². The molecule has 1 aromatic heterocycles. The fourth-order valence-electron chi connectivity index (χ4n) is 2.96. The fraction of sp³-hybridized carbons (Fsp3) is 0.667. The van der Waals surface area contributed by atoms with Crippen molar-refractivity contribution in [1.29, 1.82) is 0 Å². The Hall–Kier alpha value is -1.62. The van der Waals surface area contributed by atoms with E-state index in [0.717, 1.165) is 6.42 Å². The van der Waals surface area contributed by atoms with Crippen molar-refractivity contribution >= 4 is 6.03 Å². The Morgan fingerprint density at radius 2 is 2.30 bits per heavy atom. The van der Waals surface area contributed by atoms with Gasteiger partial charge in [0.1, 0.15) is 0 Å². The number of rotatable bonds is 5. The predicted octanol–water partition coefficient (Wildman–Crippen LogP) is 3.03. The molecule has 128 valence electrons. The lowest BCUT2D eigenvalue weighted by atomic mass is 9.89. The number of pyridine rings is 1. The second kappa shape index (κ2) is 7.77. The zero-order chi connectivity index (χ0) is 16.9. The Morgan fingerprint density at radius 3 is 2.91 bits per heavy atom. The molecule has 0 saturated carbocycles. The number of hydrogen-bond donors (Lipinski definition) is 1. The molecule has 1 aliphatic rings. The molecular weight excluding hydrogens is 290 g/mol. The van der Waals surface area contributed by atoms with Crippen molar-refractivity contribution in [3.63, 3.8) is 0 Å². The number of hydrogen-bond acceptors (Lipinski definition) is 3. The van der Waals surface area contributed by atoms with E-state index in [1.807, 2.05) is 17.2 Å². The van der Waals surface area contributed by atoms with Gasteiger partial charge in [0.15, 0.2) is 0 Å².